The average Bonchev–Trinajstić information content (AvgIpc) is 3.36. The Hall–Kier alpha value is -3.93. The van der Waals surface area contributed by atoms with Gasteiger partial charge in [-0.15, -0.1) is 0 Å². The van der Waals surface area contributed by atoms with Gasteiger partial charge in [-0.05, 0) is 36.4 Å². The number of carbonyl (C=O) groups is 1. The van der Waals surface area contributed by atoms with Gasteiger partial charge in [-0.2, -0.15) is 5.10 Å². The summed E-state index contributed by atoms with van der Waals surface area (Å²) in [4.78, 5) is 18.1. The van der Waals surface area contributed by atoms with E-state index in [1.165, 1.54) is 0 Å². The summed E-state index contributed by atoms with van der Waals surface area (Å²) in [6, 6.07) is 21.2. The summed E-state index contributed by atoms with van der Waals surface area (Å²) in [5.41, 5.74) is 4.71. The van der Waals surface area contributed by atoms with Crippen LogP contribution in [-0.2, 0) is 0 Å². The number of nitrogens with zero attached hydrogens (tertiary/aromatic N) is 4. The number of rotatable bonds is 3. The van der Waals surface area contributed by atoms with Crippen LogP contribution in [0.1, 0.15) is 10.4 Å². The van der Waals surface area contributed by atoms with Gasteiger partial charge >= 0.3 is 0 Å². The monoisotopic (exact) mass is 382 g/mol. The van der Waals surface area contributed by atoms with Crippen LogP contribution < -0.4 is 0 Å². The smallest absolute Gasteiger partial charge is 0.253 e. The molecule has 0 aliphatic heterocycles. The van der Waals surface area contributed by atoms with Gasteiger partial charge in [0.05, 0.1) is 11.9 Å². The van der Waals surface area contributed by atoms with E-state index < -0.39 is 0 Å². The maximum Gasteiger partial charge on any atom is 0.253 e. The highest BCUT2D eigenvalue weighted by Crippen LogP contribution is 2.28. The Labute approximate surface area is 167 Å². The molecule has 5 rings (SSSR count). The predicted octanol–water partition coefficient (Wildman–Crippen LogP) is 4.51. The molecule has 142 valence electrons. The standard InChI is InChI=1S/C23H18N4O2/c1-26(2)23(28)16-9-7-15(8-10-16)18-11-12-22-24-14-19(27(22)25-18)21-13-17-5-3-4-6-20(17)29-21/h3-14H,1-2H3. The molecule has 1 amide bonds. The molecular formula is C23H18N4O2. The Morgan fingerprint density at radius 3 is 2.55 bits per heavy atom. The number of imidazole rings is 1. The fourth-order valence-corrected chi connectivity index (χ4v) is 3.35. The minimum atomic E-state index is -0.0262. The molecule has 0 atom stereocenters. The van der Waals surface area contributed by atoms with Crippen LogP contribution in [0.5, 0.6) is 0 Å². The molecule has 0 N–H and O–H groups in total. The lowest BCUT2D eigenvalue weighted by molar-refractivity contribution is 0.0827. The van der Waals surface area contributed by atoms with E-state index in [0.717, 1.165) is 39.3 Å². The van der Waals surface area contributed by atoms with Crippen LogP contribution in [-0.4, -0.2) is 39.5 Å². The van der Waals surface area contributed by atoms with Crippen molar-refractivity contribution in [2.75, 3.05) is 14.1 Å². The number of benzene rings is 2. The molecule has 0 aliphatic carbocycles. The van der Waals surface area contributed by atoms with Crippen molar-refractivity contribution >= 4 is 22.5 Å². The summed E-state index contributed by atoms with van der Waals surface area (Å²) in [5, 5.41) is 5.80. The van der Waals surface area contributed by atoms with E-state index in [4.69, 9.17) is 9.52 Å². The number of hydrogen-bond donors (Lipinski definition) is 0. The molecular weight excluding hydrogens is 364 g/mol. The highest BCUT2D eigenvalue weighted by molar-refractivity contribution is 5.94. The SMILES string of the molecule is CN(C)C(=O)c1ccc(-c2ccc3ncc(-c4cc5ccccc5o4)n3n2)cc1. The third-order valence-electron chi connectivity index (χ3n) is 4.87. The van der Waals surface area contributed by atoms with Crippen LogP contribution in [0.25, 0.3) is 39.3 Å². The molecule has 0 fully saturated rings. The topological polar surface area (TPSA) is 63.6 Å². The first-order chi connectivity index (χ1) is 14.1. The van der Waals surface area contributed by atoms with Crippen LogP contribution in [0.3, 0.4) is 0 Å². The zero-order valence-electron chi connectivity index (χ0n) is 16.0. The van der Waals surface area contributed by atoms with E-state index in [0.29, 0.717) is 5.56 Å². The molecule has 0 unspecified atom stereocenters. The second-order valence-electron chi connectivity index (χ2n) is 7.06. The number of hydrogen-bond acceptors (Lipinski definition) is 4. The zero-order valence-corrected chi connectivity index (χ0v) is 16.0. The van der Waals surface area contributed by atoms with Gasteiger partial charge in [-0.1, -0.05) is 30.3 Å². The minimum absolute atomic E-state index is 0.0262. The van der Waals surface area contributed by atoms with Gasteiger partial charge in [0.1, 0.15) is 11.3 Å². The molecule has 5 aromatic rings. The van der Waals surface area contributed by atoms with Crippen molar-refractivity contribution in [1.29, 1.82) is 0 Å². The van der Waals surface area contributed by atoms with E-state index in [1.807, 2.05) is 66.7 Å². The maximum absolute atomic E-state index is 12.1. The second kappa shape index (κ2) is 6.60. The van der Waals surface area contributed by atoms with Crippen molar-refractivity contribution in [1.82, 2.24) is 19.5 Å². The molecule has 3 aromatic heterocycles. The molecule has 0 saturated carbocycles. The zero-order chi connectivity index (χ0) is 20.0. The first kappa shape index (κ1) is 17.2. The van der Waals surface area contributed by atoms with Gasteiger partial charge in [-0.3, -0.25) is 4.79 Å². The molecule has 6 nitrogen and oxygen atoms in total. The van der Waals surface area contributed by atoms with Crippen LogP contribution in [0, 0.1) is 0 Å². The first-order valence-corrected chi connectivity index (χ1v) is 9.26. The largest absolute Gasteiger partial charge is 0.454 e. The Morgan fingerprint density at radius 2 is 1.79 bits per heavy atom. The van der Waals surface area contributed by atoms with E-state index >= 15 is 0 Å². The highest BCUT2D eigenvalue weighted by atomic mass is 16.3. The summed E-state index contributed by atoms with van der Waals surface area (Å²) >= 11 is 0. The number of amides is 1. The molecule has 2 aromatic carbocycles. The van der Waals surface area contributed by atoms with Crippen molar-refractivity contribution < 1.29 is 9.21 Å². The third-order valence-corrected chi connectivity index (χ3v) is 4.87. The van der Waals surface area contributed by atoms with Crippen molar-refractivity contribution in [2.24, 2.45) is 0 Å². The lowest BCUT2D eigenvalue weighted by Crippen LogP contribution is -2.21. The molecule has 0 radical (unpaired) electrons. The van der Waals surface area contributed by atoms with E-state index in [2.05, 4.69) is 4.98 Å². The van der Waals surface area contributed by atoms with Gasteiger partial charge in [-0.25, -0.2) is 9.50 Å². The lowest BCUT2D eigenvalue weighted by Gasteiger charge is -2.10. The summed E-state index contributed by atoms with van der Waals surface area (Å²) in [5.74, 6) is 0.692. The number of fused-ring (bicyclic) bond motifs is 2. The van der Waals surface area contributed by atoms with Crippen LogP contribution >= 0.6 is 0 Å². The number of aromatic nitrogens is 3. The van der Waals surface area contributed by atoms with Gasteiger partial charge in [0.15, 0.2) is 11.4 Å². The fraction of sp³-hybridized carbons (Fsp3) is 0.0870. The van der Waals surface area contributed by atoms with Crippen molar-refractivity contribution in [2.45, 2.75) is 0 Å². The first-order valence-electron chi connectivity index (χ1n) is 9.26. The second-order valence-corrected chi connectivity index (χ2v) is 7.06. The Bertz CT molecular complexity index is 1310. The van der Waals surface area contributed by atoms with Gasteiger partial charge in [0.25, 0.3) is 5.91 Å². The molecule has 0 bridgehead atoms. The maximum atomic E-state index is 12.1. The predicted molar refractivity (Wildman–Crippen MR) is 112 cm³/mol. The van der Waals surface area contributed by atoms with E-state index in [-0.39, 0.29) is 5.91 Å². The molecule has 0 saturated heterocycles. The van der Waals surface area contributed by atoms with Crippen molar-refractivity contribution in [3.63, 3.8) is 0 Å². The van der Waals surface area contributed by atoms with Crippen LogP contribution in [0.4, 0.5) is 0 Å². The Balaban J connectivity index is 1.56. The third kappa shape index (κ3) is 2.95. The van der Waals surface area contributed by atoms with Crippen LogP contribution in [0.2, 0.25) is 0 Å². The molecule has 6 heteroatoms. The molecule has 3 heterocycles. The normalized spacial score (nSPS) is 11.2. The minimum Gasteiger partial charge on any atom is -0.454 e. The Kier molecular flexibility index (Phi) is 3.91. The van der Waals surface area contributed by atoms with Crippen molar-refractivity contribution in [3.05, 3.63) is 78.5 Å². The number of para-hydroxylation sites is 1. The quantitative estimate of drug-likeness (QED) is 0.460. The summed E-state index contributed by atoms with van der Waals surface area (Å²) in [7, 11) is 3.48. The number of carbonyl (C=O) groups excluding carboxylic acids is 1. The molecule has 29 heavy (non-hydrogen) atoms. The van der Waals surface area contributed by atoms with E-state index in [9.17, 15) is 4.79 Å². The van der Waals surface area contributed by atoms with E-state index in [1.54, 1.807) is 29.7 Å². The van der Waals surface area contributed by atoms with Gasteiger partial charge in [0.2, 0.25) is 0 Å². The van der Waals surface area contributed by atoms with Gasteiger partial charge < -0.3 is 9.32 Å². The summed E-state index contributed by atoms with van der Waals surface area (Å²) in [6.07, 6.45) is 1.77. The molecule has 0 aliphatic rings. The van der Waals surface area contributed by atoms with Crippen LogP contribution in [0.15, 0.2) is 77.3 Å². The average molecular weight is 382 g/mol. The summed E-state index contributed by atoms with van der Waals surface area (Å²) in [6.45, 7) is 0. The lowest BCUT2D eigenvalue weighted by atomic mass is 10.1. The Morgan fingerprint density at radius 1 is 1.00 bits per heavy atom. The number of furan rings is 1. The fourth-order valence-electron chi connectivity index (χ4n) is 3.35. The molecule has 0 spiro atoms. The summed E-state index contributed by atoms with van der Waals surface area (Å²) < 4.78 is 7.77. The highest BCUT2D eigenvalue weighted by Gasteiger charge is 2.14. The van der Waals surface area contributed by atoms with Gasteiger partial charge in [0, 0.05) is 30.6 Å². The van der Waals surface area contributed by atoms with Crippen molar-refractivity contribution in [3.8, 4) is 22.7 Å².